The van der Waals surface area contributed by atoms with Crippen LogP contribution in [0.25, 0.3) is 0 Å². The van der Waals surface area contributed by atoms with Crippen LogP contribution < -0.4 is 5.32 Å². The van der Waals surface area contributed by atoms with Crippen molar-refractivity contribution < 1.29 is 14.7 Å². The standard InChI is InChI=1S/C21H24N6O3S2/c1-14(28)26-5-7-27(8-6-26)20(30)16-4-2-3-15(9-16)12-31-18-11-23-21(32-18)25-19(29)17-10-22-13-24-17/h2-4,9-11,13,20,30H,5-8,12H2,1H3,(H,22,24)(H,23,25,29). The third-order valence-electron chi connectivity index (χ3n) is 5.18. The number of benzene rings is 1. The van der Waals surface area contributed by atoms with Gasteiger partial charge < -0.3 is 15.0 Å². The summed E-state index contributed by atoms with van der Waals surface area (Å²) in [5.41, 5.74) is 2.31. The van der Waals surface area contributed by atoms with E-state index in [1.54, 1.807) is 29.8 Å². The van der Waals surface area contributed by atoms with Gasteiger partial charge in [0.05, 0.1) is 22.9 Å². The second kappa shape index (κ2) is 10.3. The van der Waals surface area contributed by atoms with E-state index in [9.17, 15) is 14.7 Å². The molecule has 3 N–H and O–H groups in total. The number of aromatic amines is 1. The fourth-order valence-corrected chi connectivity index (χ4v) is 5.23. The van der Waals surface area contributed by atoms with Crippen molar-refractivity contribution in [2.45, 2.75) is 23.1 Å². The Kier molecular flexibility index (Phi) is 7.20. The number of thioether (sulfide) groups is 1. The third-order valence-corrected chi connectivity index (χ3v) is 7.36. The van der Waals surface area contributed by atoms with Crippen molar-refractivity contribution in [3.8, 4) is 0 Å². The summed E-state index contributed by atoms with van der Waals surface area (Å²) in [6.07, 6.45) is 3.96. The van der Waals surface area contributed by atoms with Gasteiger partial charge in [0.1, 0.15) is 11.9 Å². The highest BCUT2D eigenvalue weighted by Crippen LogP contribution is 2.31. The summed E-state index contributed by atoms with van der Waals surface area (Å²) in [7, 11) is 0. The molecule has 1 unspecified atom stereocenters. The number of hydrogen-bond acceptors (Lipinski definition) is 8. The van der Waals surface area contributed by atoms with Gasteiger partial charge in [-0.15, -0.1) is 11.8 Å². The normalized spacial score (nSPS) is 15.5. The van der Waals surface area contributed by atoms with Gasteiger partial charge in [-0.3, -0.25) is 19.8 Å². The van der Waals surface area contributed by atoms with E-state index in [0.717, 1.165) is 21.1 Å². The van der Waals surface area contributed by atoms with Crippen molar-refractivity contribution in [1.29, 1.82) is 0 Å². The average Bonchev–Trinajstić information content (AvgIpc) is 3.50. The smallest absolute Gasteiger partial charge is 0.275 e. The molecule has 168 valence electrons. The van der Waals surface area contributed by atoms with Gasteiger partial charge in [0, 0.05) is 38.9 Å². The summed E-state index contributed by atoms with van der Waals surface area (Å²) in [4.78, 5) is 38.2. The maximum atomic E-state index is 12.1. The van der Waals surface area contributed by atoms with Crippen molar-refractivity contribution in [2.75, 3.05) is 31.5 Å². The molecule has 3 aromatic rings. The zero-order chi connectivity index (χ0) is 22.5. The lowest BCUT2D eigenvalue weighted by molar-refractivity contribution is -0.132. The number of carbonyl (C=O) groups excluding carboxylic acids is 2. The molecule has 0 saturated carbocycles. The summed E-state index contributed by atoms with van der Waals surface area (Å²) in [6.45, 7) is 4.13. The molecule has 3 heterocycles. The Hall–Kier alpha value is -2.73. The molecule has 0 bridgehead atoms. The molecular formula is C21H24N6O3S2. The maximum Gasteiger partial charge on any atom is 0.275 e. The highest BCUT2D eigenvalue weighted by atomic mass is 32.2. The van der Waals surface area contributed by atoms with Crippen LogP contribution in [0.2, 0.25) is 0 Å². The molecule has 1 aliphatic heterocycles. The van der Waals surface area contributed by atoms with Gasteiger partial charge >= 0.3 is 0 Å². The first kappa shape index (κ1) is 22.5. The monoisotopic (exact) mass is 472 g/mol. The predicted octanol–water partition coefficient (Wildman–Crippen LogP) is 2.57. The summed E-state index contributed by atoms with van der Waals surface area (Å²) in [5.74, 6) is 0.513. The van der Waals surface area contributed by atoms with Crippen LogP contribution >= 0.6 is 23.1 Å². The van der Waals surface area contributed by atoms with E-state index in [-0.39, 0.29) is 11.8 Å². The summed E-state index contributed by atoms with van der Waals surface area (Å²) < 4.78 is 0.983. The number of anilines is 1. The summed E-state index contributed by atoms with van der Waals surface area (Å²) in [5, 5.41) is 14.1. The van der Waals surface area contributed by atoms with Crippen LogP contribution in [0.4, 0.5) is 5.13 Å². The zero-order valence-electron chi connectivity index (χ0n) is 17.5. The van der Waals surface area contributed by atoms with Gasteiger partial charge in [-0.2, -0.15) is 0 Å². The fraction of sp³-hybridized carbons (Fsp3) is 0.333. The number of piperazine rings is 1. The molecule has 1 atom stereocenters. The van der Waals surface area contributed by atoms with E-state index in [0.29, 0.717) is 37.0 Å². The molecule has 2 aromatic heterocycles. The average molecular weight is 473 g/mol. The van der Waals surface area contributed by atoms with Crippen molar-refractivity contribution in [3.63, 3.8) is 0 Å². The molecule has 0 aliphatic carbocycles. The Bertz CT molecular complexity index is 1060. The largest absolute Gasteiger partial charge is 0.374 e. The molecule has 0 radical (unpaired) electrons. The number of nitrogens with one attached hydrogen (secondary N) is 2. The van der Waals surface area contributed by atoms with Crippen LogP contribution in [-0.2, 0) is 10.5 Å². The number of carbonyl (C=O) groups is 2. The van der Waals surface area contributed by atoms with Crippen molar-refractivity contribution in [1.82, 2.24) is 24.8 Å². The second-order valence-electron chi connectivity index (χ2n) is 7.35. The fourth-order valence-electron chi connectivity index (χ4n) is 3.42. The SMILES string of the molecule is CC(=O)N1CCN(C(O)c2cccc(CSc3cnc(NC(=O)c4cnc[nH]4)s3)c2)CC1. The van der Waals surface area contributed by atoms with Crippen LogP contribution in [0.1, 0.15) is 34.8 Å². The number of aliphatic hydroxyl groups is 1. The van der Waals surface area contributed by atoms with Gasteiger partial charge in [0.15, 0.2) is 5.13 Å². The van der Waals surface area contributed by atoms with Crippen molar-refractivity contribution in [2.24, 2.45) is 0 Å². The number of aliphatic hydroxyl groups excluding tert-OH is 1. The minimum absolute atomic E-state index is 0.0743. The van der Waals surface area contributed by atoms with Gasteiger partial charge in [0.2, 0.25) is 5.91 Å². The number of amides is 2. The van der Waals surface area contributed by atoms with E-state index >= 15 is 0 Å². The van der Waals surface area contributed by atoms with Gasteiger partial charge in [0.25, 0.3) is 5.91 Å². The zero-order valence-corrected chi connectivity index (χ0v) is 19.2. The lowest BCUT2D eigenvalue weighted by atomic mass is 10.1. The minimum Gasteiger partial charge on any atom is -0.374 e. The first-order valence-corrected chi connectivity index (χ1v) is 11.9. The van der Waals surface area contributed by atoms with Crippen LogP contribution in [0.5, 0.6) is 0 Å². The van der Waals surface area contributed by atoms with E-state index in [1.807, 2.05) is 29.2 Å². The van der Waals surface area contributed by atoms with Crippen LogP contribution in [0, 0.1) is 0 Å². The molecule has 9 nitrogen and oxygen atoms in total. The van der Waals surface area contributed by atoms with E-state index in [1.165, 1.54) is 23.9 Å². The van der Waals surface area contributed by atoms with E-state index < -0.39 is 6.23 Å². The highest BCUT2D eigenvalue weighted by molar-refractivity contribution is 8.00. The van der Waals surface area contributed by atoms with Gasteiger partial charge in [-0.25, -0.2) is 9.97 Å². The Labute approximate surface area is 193 Å². The Morgan fingerprint density at radius 1 is 1.28 bits per heavy atom. The molecule has 11 heteroatoms. The third kappa shape index (κ3) is 5.54. The van der Waals surface area contributed by atoms with Gasteiger partial charge in [-0.1, -0.05) is 35.6 Å². The quantitative estimate of drug-likeness (QED) is 0.453. The van der Waals surface area contributed by atoms with Crippen LogP contribution in [0.3, 0.4) is 0 Å². The predicted molar refractivity (Wildman–Crippen MR) is 123 cm³/mol. The lowest BCUT2D eigenvalue weighted by Gasteiger charge is -2.37. The number of aromatic nitrogens is 3. The first-order chi connectivity index (χ1) is 15.5. The highest BCUT2D eigenvalue weighted by Gasteiger charge is 2.24. The van der Waals surface area contributed by atoms with E-state index in [2.05, 4.69) is 20.3 Å². The first-order valence-electron chi connectivity index (χ1n) is 10.1. The van der Waals surface area contributed by atoms with E-state index in [4.69, 9.17) is 0 Å². The van der Waals surface area contributed by atoms with Crippen molar-refractivity contribution in [3.05, 3.63) is 59.8 Å². The Balaban J connectivity index is 1.31. The number of rotatable bonds is 7. The topological polar surface area (TPSA) is 114 Å². The second-order valence-corrected chi connectivity index (χ2v) is 9.66. The molecule has 1 fully saturated rings. The Morgan fingerprint density at radius 2 is 2.09 bits per heavy atom. The molecule has 1 saturated heterocycles. The minimum atomic E-state index is -0.693. The molecular weight excluding hydrogens is 448 g/mol. The van der Waals surface area contributed by atoms with Gasteiger partial charge in [-0.05, 0) is 11.1 Å². The number of hydrogen-bond donors (Lipinski definition) is 3. The maximum absolute atomic E-state index is 12.1. The molecule has 1 aromatic carbocycles. The van der Waals surface area contributed by atoms with Crippen LogP contribution in [0.15, 0.2) is 47.2 Å². The molecule has 0 spiro atoms. The van der Waals surface area contributed by atoms with Crippen LogP contribution in [-0.4, -0.2) is 67.9 Å². The number of nitrogens with zero attached hydrogens (tertiary/aromatic N) is 4. The molecule has 4 rings (SSSR count). The number of H-pyrrole nitrogens is 1. The number of imidazole rings is 1. The molecule has 1 aliphatic rings. The molecule has 32 heavy (non-hydrogen) atoms. The summed E-state index contributed by atoms with van der Waals surface area (Å²) in [6, 6.07) is 7.91. The summed E-state index contributed by atoms with van der Waals surface area (Å²) >= 11 is 3.03. The van der Waals surface area contributed by atoms with Crippen molar-refractivity contribution >= 4 is 40.0 Å². The Morgan fingerprint density at radius 3 is 2.81 bits per heavy atom. The molecule has 2 amide bonds. The number of thiazole rings is 1. The lowest BCUT2D eigenvalue weighted by Crippen LogP contribution is -2.49.